The van der Waals surface area contributed by atoms with E-state index >= 15 is 0 Å². The van der Waals surface area contributed by atoms with Crippen LogP contribution in [0.2, 0.25) is 0 Å². The maximum Gasteiger partial charge on any atom is 0.415 e. The van der Waals surface area contributed by atoms with Crippen LogP contribution in [0.5, 0.6) is 5.75 Å². The van der Waals surface area contributed by atoms with Crippen molar-refractivity contribution in [1.82, 2.24) is 4.90 Å². The molecule has 2 rings (SSSR count). The first-order valence-corrected chi connectivity index (χ1v) is 6.90. The number of para-hydroxylation sites is 1. The van der Waals surface area contributed by atoms with Gasteiger partial charge < -0.3 is 9.64 Å². The molecule has 0 spiro atoms. The molecule has 0 fully saturated rings. The third-order valence-electron chi connectivity index (χ3n) is 3.34. The minimum Gasteiger partial charge on any atom is -0.410 e. The van der Waals surface area contributed by atoms with E-state index < -0.39 is 6.09 Å². The third kappa shape index (κ3) is 3.81. The zero-order chi connectivity index (χ0) is 15.2. The lowest BCUT2D eigenvalue weighted by Gasteiger charge is -2.27. The standard InChI is InChI=1S/C17H18FNO2/c1-3-19(13(2)14-9-11-15(18)12-10-14)17(20)21-16-7-5-4-6-8-16/h4-13H,3H2,1-2H3. The normalized spacial score (nSPS) is 11.8. The van der Waals surface area contributed by atoms with E-state index in [2.05, 4.69) is 0 Å². The lowest BCUT2D eigenvalue weighted by atomic mass is 10.1. The van der Waals surface area contributed by atoms with Gasteiger partial charge in [-0.15, -0.1) is 0 Å². The van der Waals surface area contributed by atoms with Crippen molar-refractivity contribution < 1.29 is 13.9 Å². The Morgan fingerprint density at radius 1 is 1.14 bits per heavy atom. The fourth-order valence-electron chi connectivity index (χ4n) is 2.13. The minimum atomic E-state index is -0.416. The monoisotopic (exact) mass is 287 g/mol. The molecule has 0 radical (unpaired) electrons. The highest BCUT2D eigenvalue weighted by Gasteiger charge is 2.21. The summed E-state index contributed by atoms with van der Waals surface area (Å²) in [5.41, 5.74) is 0.864. The molecule has 1 unspecified atom stereocenters. The van der Waals surface area contributed by atoms with Gasteiger partial charge in [0.2, 0.25) is 0 Å². The van der Waals surface area contributed by atoms with Gasteiger partial charge in [-0.1, -0.05) is 30.3 Å². The summed E-state index contributed by atoms with van der Waals surface area (Å²) in [7, 11) is 0. The Balaban J connectivity index is 2.11. The van der Waals surface area contributed by atoms with Crippen LogP contribution in [0, 0.1) is 5.82 Å². The molecule has 2 aromatic rings. The van der Waals surface area contributed by atoms with Gasteiger partial charge >= 0.3 is 6.09 Å². The Hall–Kier alpha value is -2.36. The van der Waals surface area contributed by atoms with Gasteiger partial charge in [-0.05, 0) is 43.7 Å². The maximum absolute atomic E-state index is 13.0. The molecule has 0 saturated carbocycles. The van der Waals surface area contributed by atoms with Crippen molar-refractivity contribution in [3.63, 3.8) is 0 Å². The topological polar surface area (TPSA) is 29.5 Å². The number of amides is 1. The van der Waals surface area contributed by atoms with E-state index in [1.807, 2.05) is 32.0 Å². The number of halogens is 1. The molecule has 0 N–H and O–H groups in total. The lowest BCUT2D eigenvalue weighted by molar-refractivity contribution is 0.138. The van der Waals surface area contributed by atoms with Crippen molar-refractivity contribution in [2.45, 2.75) is 19.9 Å². The predicted octanol–water partition coefficient (Wildman–Crippen LogP) is 4.41. The Kier molecular flexibility index (Phi) is 4.93. The quantitative estimate of drug-likeness (QED) is 0.833. The van der Waals surface area contributed by atoms with E-state index in [1.54, 1.807) is 29.2 Å². The SMILES string of the molecule is CCN(C(=O)Oc1ccccc1)C(C)c1ccc(F)cc1. The Bertz CT molecular complexity index is 583. The molecule has 3 nitrogen and oxygen atoms in total. The minimum absolute atomic E-state index is 0.188. The van der Waals surface area contributed by atoms with Crippen LogP contribution in [-0.2, 0) is 0 Å². The second kappa shape index (κ2) is 6.88. The van der Waals surface area contributed by atoms with Crippen molar-refractivity contribution in [2.75, 3.05) is 6.54 Å². The van der Waals surface area contributed by atoms with Gasteiger partial charge in [0.25, 0.3) is 0 Å². The maximum atomic E-state index is 13.0. The largest absolute Gasteiger partial charge is 0.415 e. The fraction of sp³-hybridized carbons (Fsp3) is 0.235. The smallest absolute Gasteiger partial charge is 0.410 e. The second-order valence-electron chi connectivity index (χ2n) is 4.69. The van der Waals surface area contributed by atoms with Crippen LogP contribution in [0.4, 0.5) is 9.18 Å². The van der Waals surface area contributed by atoms with Gasteiger partial charge in [0.15, 0.2) is 0 Å². The molecular formula is C17H18FNO2. The molecule has 110 valence electrons. The van der Waals surface area contributed by atoms with Gasteiger partial charge in [-0.3, -0.25) is 0 Å². The lowest BCUT2D eigenvalue weighted by Crippen LogP contribution is -2.35. The van der Waals surface area contributed by atoms with Crippen LogP contribution in [0.15, 0.2) is 54.6 Å². The van der Waals surface area contributed by atoms with Gasteiger partial charge in [-0.2, -0.15) is 0 Å². The van der Waals surface area contributed by atoms with Gasteiger partial charge in [0.1, 0.15) is 11.6 Å². The van der Waals surface area contributed by atoms with Crippen LogP contribution in [0.25, 0.3) is 0 Å². The molecule has 1 amide bonds. The molecule has 0 aliphatic carbocycles. The number of nitrogens with zero attached hydrogens (tertiary/aromatic N) is 1. The summed E-state index contributed by atoms with van der Waals surface area (Å²) >= 11 is 0. The number of ether oxygens (including phenoxy) is 1. The molecule has 0 heterocycles. The summed E-state index contributed by atoms with van der Waals surface area (Å²) in [4.78, 5) is 13.9. The van der Waals surface area contributed by atoms with Crippen LogP contribution < -0.4 is 4.74 Å². The Labute approximate surface area is 124 Å². The zero-order valence-corrected chi connectivity index (χ0v) is 12.1. The molecule has 2 aromatic carbocycles. The molecule has 4 heteroatoms. The van der Waals surface area contributed by atoms with Crippen LogP contribution in [0.3, 0.4) is 0 Å². The first kappa shape index (κ1) is 15.0. The summed E-state index contributed by atoms with van der Waals surface area (Å²) in [6.07, 6.45) is -0.416. The van der Waals surface area contributed by atoms with Gasteiger partial charge in [-0.25, -0.2) is 9.18 Å². The van der Waals surface area contributed by atoms with E-state index in [9.17, 15) is 9.18 Å². The molecule has 21 heavy (non-hydrogen) atoms. The average molecular weight is 287 g/mol. The number of carbonyl (C=O) groups excluding carboxylic acids is 1. The summed E-state index contributed by atoms with van der Waals surface area (Å²) in [5, 5.41) is 0. The summed E-state index contributed by atoms with van der Waals surface area (Å²) in [5.74, 6) is 0.216. The Morgan fingerprint density at radius 2 is 1.76 bits per heavy atom. The highest BCUT2D eigenvalue weighted by molar-refractivity contribution is 5.71. The molecular weight excluding hydrogens is 269 g/mol. The fourth-order valence-corrected chi connectivity index (χ4v) is 2.13. The number of hydrogen-bond acceptors (Lipinski definition) is 2. The molecule has 0 aliphatic heterocycles. The number of benzene rings is 2. The van der Waals surface area contributed by atoms with Crippen LogP contribution >= 0.6 is 0 Å². The van der Waals surface area contributed by atoms with Crippen molar-refractivity contribution in [3.05, 3.63) is 66.0 Å². The molecule has 0 aliphatic rings. The van der Waals surface area contributed by atoms with E-state index in [0.717, 1.165) is 5.56 Å². The van der Waals surface area contributed by atoms with Crippen LogP contribution in [-0.4, -0.2) is 17.5 Å². The average Bonchev–Trinajstić information content (AvgIpc) is 2.49. The molecule has 0 aromatic heterocycles. The summed E-state index contributed by atoms with van der Waals surface area (Å²) in [6, 6.07) is 14.9. The van der Waals surface area contributed by atoms with Gasteiger partial charge in [0.05, 0.1) is 6.04 Å². The van der Waals surface area contributed by atoms with E-state index in [1.165, 1.54) is 12.1 Å². The molecule has 0 saturated heterocycles. The van der Waals surface area contributed by atoms with Crippen molar-refractivity contribution in [3.8, 4) is 5.75 Å². The summed E-state index contributed by atoms with van der Waals surface area (Å²) < 4.78 is 18.3. The highest BCUT2D eigenvalue weighted by atomic mass is 19.1. The molecule has 1 atom stereocenters. The summed E-state index contributed by atoms with van der Waals surface area (Å²) in [6.45, 7) is 4.28. The number of hydrogen-bond donors (Lipinski definition) is 0. The van der Waals surface area contributed by atoms with Crippen molar-refractivity contribution in [1.29, 1.82) is 0 Å². The first-order valence-electron chi connectivity index (χ1n) is 6.90. The van der Waals surface area contributed by atoms with E-state index in [0.29, 0.717) is 12.3 Å². The van der Waals surface area contributed by atoms with Crippen molar-refractivity contribution >= 4 is 6.09 Å². The Morgan fingerprint density at radius 3 is 2.33 bits per heavy atom. The van der Waals surface area contributed by atoms with E-state index in [4.69, 9.17) is 4.74 Å². The highest BCUT2D eigenvalue weighted by Crippen LogP contribution is 2.22. The number of rotatable bonds is 4. The first-order chi connectivity index (χ1) is 10.1. The molecule has 0 bridgehead atoms. The zero-order valence-electron chi connectivity index (χ0n) is 12.1. The van der Waals surface area contributed by atoms with Gasteiger partial charge in [0, 0.05) is 6.54 Å². The van der Waals surface area contributed by atoms with E-state index in [-0.39, 0.29) is 11.9 Å². The predicted molar refractivity (Wildman–Crippen MR) is 79.7 cm³/mol. The second-order valence-corrected chi connectivity index (χ2v) is 4.69. The van der Waals surface area contributed by atoms with Crippen molar-refractivity contribution in [2.24, 2.45) is 0 Å². The number of carbonyl (C=O) groups is 1. The van der Waals surface area contributed by atoms with Crippen LogP contribution in [0.1, 0.15) is 25.5 Å². The third-order valence-corrected chi connectivity index (χ3v) is 3.34.